The van der Waals surface area contributed by atoms with Gasteiger partial charge in [-0.3, -0.25) is 0 Å². The average molecular weight is 288 g/mol. The Balaban J connectivity index is 2.17. The maximum Gasteiger partial charge on any atom is 0.177 e. The van der Waals surface area contributed by atoms with Gasteiger partial charge in [-0.2, -0.15) is 0 Å². The zero-order valence-corrected chi connectivity index (χ0v) is 12.2. The molecule has 1 aliphatic rings. The predicted octanol–water partition coefficient (Wildman–Crippen LogP) is 2.54. The zero-order chi connectivity index (χ0) is 13.3. The lowest BCUT2D eigenvalue weighted by Gasteiger charge is -2.35. The first kappa shape index (κ1) is 13.7. The molecule has 0 N–H and O–H groups in total. The predicted molar refractivity (Wildman–Crippen MR) is 75.2 cm³/mol. The van der Waals surface area contributed by atoms with E-state index in [1.807, 2.05) is 24.1 Å². The fourth-order valence-electron chi connectivity index (χ4n) is 2.38. The van der Waals surface area contributed by atoms with Gasteiger partial charge in [0, 0.05) is 25.2 Å². The van der Waals surface area contributed by atoms with Gasteiger partial charge in [0.15, 0.2) is 9.84 Å². The minimum Gasteiger partial charge on any atom is -0.373 e. The molecule has 0 saturated heterocycles. The van der Waals surface area contributed by atoms with Crippen LogP contribution in [0.4, 0.5) is 5.69 Å². The van der Waals surface area contributed by atoms with Crippen molar-refractivity contribution in [2.75, 3.05) is 24.7 Å². The number of rotatable bonds is 4. The molecule has 0 aliphatic heterocycles. The Morgan fingerprint density at radius 2 is 1.94 bits per heavy atom. The Morgan fingerprint density at radius 3 is 2.50 bits per heavy atom. The van der Waals surface area contributed by atoms with Crippen molar-refractivity contribution in [3.8, 4) is 0 Å². The third-order valence-electron chi connectivity index (χ3n) is 3.39. The molecule has 5 heteroatoms. The SMILES string of the molecule is CN(CC1CC(Cl)C1)c1ccccc1S(C)(=O)=O. The first-order valence-corrected chi connectivity index (χ1v) is 8.35. The van der Waals surface area contributed by atoms with Crippen LogP contribution in [-0.4, -0.2) is 33.6 Å². The molecule has 100 valence electrons. The second kappa shape index (κ2) is 5.10. The maximum absolute atomic E-state index is 11.7. The van der Waals surface area contributed by atoms with Crippen molar-refractivity contribution in [1.82, 2.24) is 0 Å². The van der Waals surface area contributed by atoms with E-state index < -0.39 is 9.84 Å². The number of hydrogen-bond acceptors (Lipinski definition) is 3. The minimum atomic E-state index is -3.18. The minimum absolute atomic E-state index is 0.300. The van der Waals surface area contributed by atoms with Crippen LogP contribution < -0.4 is 4.90 Å². The fraction of sp³-hybridized carbons (Fsp3) is 0.538. The van der Waals surface area contributed by atoms with Gasteiger partial charge < -0.3 is 4.90 Å². The van der Waals surface area contributed by atoms with E-state index in [9.17, 15) is 8.42 Å². The Hall–Kier alpha value is -0.740. The van der Waals surface area contributed by atoms with Gasteiger partial charge in [-0.05, 0) is 30.9 Å². The Morgan fingerprint density at radius 1 is 1.33 bits per heavy atom. The van der Waals surface area contributed by atoms with Crippen LogP contribution >= 0.6 is 11.6 Å². The standard InChI is InChI=1S/C13H18ClNO2S/c1-15(9-10-7-11(14)8-10)12-5-3-4-6-13(12)18(2,16)17/h3-6,10-11H,7-9H2,1-2H3. The summed E-state index contributed by atoms with van der Waals surface area (Å²) in [5.41, 5.74) is 0.776. The second-order valence-corrected chi connectivity index (χ2v) is 7.66. The summed E-state index contributed by atoms with van der Waals surface area (Å²) in [4.78, 5) is 2.42. The summed E-state index contributed by atoms with van der Waals surface area (Å²) >= 11 is 5.96. The number of sulfone groups is 1. The van der Waals surface area contributed by atoms with Gasteiger partial charge in [-0.25, -0.2) is 8.42 Å². The van der Waals surface area contributed by atoms with E-state index in [4.69, 9.17) is 11.6 Å². The number of hydrogen-bond donors (Lipinski definition) is 0. The van der Waals surface area contributed by atoms with Crippen molar-refractivity contribution in [1.29, 1.82) is 0 Å². The molecular formula is C13H18ClNO2S. The molecule has 1 fully saturated rings. The van der Waals surface area contributed by atoms with Gasteiger partial charge in [0.1, 0.15) is 0 Å². The molecule has 0 atom stereocenters. The Bertz CT molecular complexity index is 524. The first-order chi connectivity index (χ1) is 8.38. The fourth-order valence-corrected chi connectivity index (χ4v) is 3.81. The highest BCUT2D eigenvalue weighted by Crippen LogP contribution is 2.34. The molecule has 1 aromatic rings. The van der Waals surface area contributed by atoms with Crippen LogP contribution in [0, 0.1) is 5.92 Å². The molecule has 0 radical (unpaired) electrons. The molecule has 0 amide bonds. The summed E-state index contributed by atoms with van der Waals surface area (Å²) in [7, 11) is -1.25. The van der Waals surface area contributed by atoms with E-state index in [2.05, 4.69) is 0 Å². The third-order valence-corrected chi connectivity index (χ3v) is 4.89. The van der Waals surface area contributed by atoms with Crippen molar-refractivity contribution in [3.05, 3.63) is 24.3 Å². The summed E-state index contributed by atoms with van der Waals surface area (Å²) in [6, 6.07) is 7.14. The number of benzene rings is 1. The van der Waals surface area contributed by atoms with Gasteiger partial charge in [0.2, 0.25) is 0 Å². The summed E-state index contributed by atoms with van der Waals surface area (Å²) in [5, 5.41) is 0.300. The molecule has 0 bridgehead atoms. The van der Waals surface area contributed by atoms with Crippen molar-refractivity contribution < 1.29 is 8.42 Å². The molecule has 0 unspecified atom stereocenters. The largest absolute Gasteiger partial charge is 0.373 e. The summed E-state index contributed by atoms with van der Waals surface area (Å²) < 4.78 is 23.5. The van der Waals surface area contributed by atoms with Crippen molar-refractivity contribution in [2.24, 2.45) is 5.92 Å². The number of alkyl halides is 1. The van der Waals surface area contributed by atoms with Crippen LogP contribution in [0.2, 0.25) is 0 Å². The van der Waals surface area contributed by atoms with E-state index in [-0.39, 0.29) is 0 Å². The zero-order valence-electron chi connectivity index (χ0n) is 10.6. The quantitative estimate of drug-likeness (QED) is 0.799. The van der Waals surface area contributed by atoms with Gasteiger partial charge in [-0.1, -0.05) is 12.1 Å². The highest BCUT2D eigenvalue weighted by molar-refractivity contribution is 7.90. The third kappa shape index (κ3) is 2.98. The smallest absolute Gasteiger partial charge is 0.177 e. The van der Waals surface area contributed by atoms with Gasteiger partial charge >= 0.3 is 0 Å². The van der Waals surface area contributed by atoms with Crippen molar-refractivity contribution in [3.63, 3.8) is 0 Å². The summed E-state index contributed by atoms with van der Waals surface area (Å²) in [6.45, 7) is 0.857. The molecular weight excluding hydrogens is 270 g/mol. The highest BCUT2D eigenvalue weighted by Gasteiger charge is 2.28. The van der Waals surface area contributed by atoms with Crippen LogP contribution in [0.3, 0.4) is 0 Å². The maximum atomic E-state index is 11.7. The van der Waals surface area contributed by atoms with E-state index in [1.54, 1.807) is 12.1 Å². The first-order valence-electron chi connectivity index (χ1n) is 6.02. The van der Waals surface area contributed by atoms with Crippen molar-refractivity contribution >= 4 is 27.1 Å². The van der Waals surface area contributed by atoms with Crippen LogP contribution in [-0.2, 0) is 9.84 Å². The van der Waals surface area contributed by atoms with Crippen LogP contribution in [0.15, 0.2) is 29.2 Å². The normalized spacial score (nSPS) is 23.5. The number of halogens is 1. The topological polar surface area (TPSA) is 37.4 Å². The molecule has 18 heavy (non-hydrogen) atoms. The molecule has 0 heterocycles. The average Bonchev–Trinajstić information content (AvgIpc) is 2.26. The molecule has 0 aromatic heterocycles. The van der Waals surface area contributed by atoms with Crippen molar-refractivity contribution in [2.45, 2.75) is 23.1 Å². The Labute approximate surface area is 114 Å². The molecule has 3 nitrogen and oxygen atoms in total. The van der Waals surface area contributed by atoms with Gasteiger partial charge in [-0.15, -0.1) is 11.6 Å². The van der Waals surface area contributed by atoms with Gasteiger partial charge in [0.25, 0.3) is 0 Å². The van der Waals surface area contributed by atoms with E-state index >= 15 is 0 Å². The summed E-state index contributed by atoms with van der Waals surface area (Å²) in [6.07, 6.45) is 3.29. The van der Waals surface area contributed by atoms with Gasteiger partial charge in [0.05, 0.1) is 10.6 Å². The second-order valence-electron chi connectivity index (χ2n) is 5.06. The molecule has 1 aromatic carbocycles. The molecule has 1 aliphatic carbocycles. The van der Waals surface area contributed by atoms with Crippen LogP contribution in [0.5, 0.6) is 0 Å². The van der Waals surface area contributed by atoms with Crippen LogP contribution in [0.1, 0.15) is 12.8 Å². The molecule has 1 saturated carbocycles. The van der Waals surface area contributed by atoms with Crippen LogP contribution in [0.25, 0.3) is 0 Å². The Kier molecular flexibility index (Phi) is 3.87. The monoisotopic (exact) mass is 287 g/mol. The lowest BCUT2D eigenvalue weighted by molar-refractivity contribution is 0.329. The number of para-hydroxylation sites is 1. The van der Waals surface area contributed by atoms with E-state index in [0.29, 0.717) is 16.2 Å². The number of nitrogens with zero attached hydrogens (tertiary/aromatic N) is 1. The molecule has 0 spiro atoms. The lowest BCUT2D eigenvalue weighted by atomic mass is 9.84. The summed E-state index contributed by atoms with van der Waals surface area (Å²) in [5.74, 6) is 0.574. The lowest BCUT2D eigenvalue weighted by Crippen LogP contribution is -2.35. The number of anilines is 1. The van der Waals surface area contributed by atoms with E-state index in [1.165, 1.54) is 6.26 Å². The molecule has 2 rings (SSSR count). The highest BCUT2D eigenvalue weighted by atomic mass is 35.5. The van der Waals surface area contributed by atoms with E-state index in [0.717, 1.165) is 25.1 Å².